The quantitative estimate of drug-likeness (QED) is 0.582. The smallest absolute Gasteiger partial charge is 0.105 e. The van der Waals surface area contributed by atoms with Crippen molar-refractivity contribution in [3.05, 3.63) is 23.4 Å². The molecule has 0 N–H and O–H groups in total. The van der Waals surface area contributed by atoms with Gasteiger partial charge >= 0.3 is 0 Å². The summed E-state index contributed by atoms with van der Waals surface area (Å²) in [5, 5.41) is 1.46. The predicted octanol–water partition coefficient (Wildman–Crippen LogP) is 2.26. The van der Waals surface area contributed by atoms with Gasteiger partial charge in [-0.05, 0) is 12.3 Å². The van der Waals surface area contributed by atoms with Crippen LogP contribution in [0, 0.1) is 6.07 Å². The third kappa shape index (κ3) is 1.88. The van der Waals surface area contributed by atoms with Gasteiger partial charge in [-0.1, -0.05) is 11.6 Å². The van der Waals surface area contributed by atoms with E-state index in [-0.39, 0.29) is 0 Å². The van der Waals surface area contributed by atoms with Crippen molar-refractivity contribution in [2.75, 3.05) is 6.26 Å². The molecule has 0 fully saturated rings. The van der Waals surface area contributed by atoms with Crippen molar-refractivity contribution in [1.82, 2.24) is 4.98 Å². The molecule has 0 aliphatic heterocycles. The monoisotopic (exact) mass is 158 g/mol. The van der Waals surface area contributed by atoms with Gasteiger partial charge in [-0.3, -0.25) is 0 Å². The van der Waals surface area contributed by atoms with Crippen molar-refractivity contribution >= 4 is 23.4 Å². The van der Waals surface area contributed by atoms with E-state index in [4.69, 9.17) is 11.6 Å². The van der Waals surface area contributed by atoms with E-state index in [1.807, 2.05) is 6.26 Å². The van der Waals surface area contributed by atoms with E-state index >= 15 is 0 Å². The van der Waals surface area contributed by atoms with Crippen LogP contribution in [0.3, 0.4) is 0 Å². The Balaban J connectivity index is 2.94. The van der Waals surface area contributed by atoms with E-state index in [2.05, 4.69) is 11.1 Å². The van der Waals surface area contributed by atoms with Crippen molar-refractivity contribution < 1.29 is 0 Å². The molecule has 1 nitrogen and oxygen atoms in total. The second kappa shape index (κ2) is 3.08. The molecular weight excluding hydrogens is 154 g/mol. The molecule has 1 aromatic rings. The first-order valence-electron chi connectivity index (χ1n) is 2.41. The zero-order valence-corrected chi connectivity index (χ0v) is 6.46. The van der Waals surface area contributed by atoms with E-state index in [0.717, 1.165) is 5.03 Å². The Morgan fingerprint density at radius 1 is 1.78 bits per heavy atom. The largest absolute Gasteiger partial charge is 0.249 e. The van der Waals surface area contributed by atoms with Gasteiger partial charge in [0.1, 0.15) is 5.03 Å². The number of halogens is 1. The second-order valence-electron chi connectivity index (χ2n) is 1.43. The van der Waals surface area contributed by atoms with Crippen LogP contribution in [0.5, 0.6) is 0 Å². The van der Waals surface area contributed by atoms with E-state index in [1.54, 1.807) is 12.3 Å². The molecular formula is C6H5ClNS. The Labute approximate surface area is 63.4 Å². The Hall–Kier alpha value is -0.210. The molecule has 1 aromatic heterocycles. The van der Waals surface area contributed by atoms with Crippen LogP contribution in [0.15, 0.2) is 17.3 Å². The van der Waals surface area contributed by atoms with Crippen LogP contribution in [0.4, 0.5) is 0 Å². The number of pyridine rings is 1. The fourth-order valence-corrected chi connectivity index (χ4v) is 1.03. The number of nitrogens with zero attached hydrogens (tertiary/aromatic N) is 1. The Bertz CT molecular complexity index is 202. The summed E-state index contributed by atoms with van der Waals surface area (Å²) in [4.78, 5) is 3.98. The molecule has 0 aliphatic rings. The molecule has 0 atom stereocenters. The van der Waals surface area contributed by atoms with Crippen LogP contribution in [0.1, 0.15) is 0 Å². The van der Waals surface area contributed by atoms with E-state index in [9.17, 15) is 0 Å². The van der Waals surface area contributed by atoms with Crippen LogP contribution in [0.2, 0.25) is 5.02 Å². The van der Waals surface area contributed by atoms with Crippen LogP contribution in [0.25, 0.3) is 0 Å². The Kier molecular flexibility index (Phi) is 2.37. The van der Waals surface area contributed by atoms with E-state index in [1.165, 1.54) is 11.8 Å². The van der Waals surface area contributed by atoms with Crippen molar-refractivity contribution in [3.8, 4) is 0 Å². The van der Waals surface area contributed by atoms with Crippen molar-refractivity contribution in [3.63, 3.8) is 0 Å². The number of rotatable bonds is 1. The average molecular weight is 159 g/mol. The molecule has 1 rings (SSSR count). The summed E-state index contributed by atoms with van der Waals surface area (Å²) in [5.41, 5.74) is 0. The summed E-state index contributed by atoms with van der Waals surface area (Å²) < 4.78 is 0. The van der Waals surface area contributed by atoms with Gasteiger partial charge in [0.05, 0.1) is 5.02 Å². The number of hydrogen-bond acceptors (Lipinski definition) is 2. The van der Waals surface area contributed by atoms with Gasteiger partial charge in [-0.2, -0.15) is 0 Å². The predicted molar refractivity (Wildman–Crippen MR) is 39.9 cm³/mol. The minimum Gasteiger partial charge on any atom is -0.249 e. The molecule has 0 amide bonds. The van der Waals surface area contributed by atoms with Crippen molar-refractivity contribution in [1.29, 1.82) is 0 Å². The summed E-state index contributed by atoms with van der Waals surface area (Å²) in [6, 6.07) is 4.58. The molecule has 0 aliphatic carbocycles. The van der Waals surface area contributed by atoms with Crippen molar-refractivity contribution in [2.24, 2.45) is 0 Å². The lowest BCUT2D eigenvalue weighted by Gasteiger charge is -1.91. The molecule has 1 radical (unpaired) electrons. The molecule has 0 unspecified atom stereocenters. The maximum absolute atomic E-state index is 5.61. The second-order valence-corrected chi connectivity index (χ2v) is 2.63. The summed E-state index contributed by atoms with van der Waals surface area (Å²) in [5.74, 6) is 0. The first kappa shape index (κ1) is 6.90. The minimum absolute atomic E-state index is 0.620. The molecule has 0 bridgehead atoms. The van der Waals surface area contributed by atoms with Gasteiger partial charge < -0.3 is 0 Å². The van der Waals surface area contributed by atoms with Gasteiger partial charge in [-0.25, -0.2) is 4.98 Å². The SMILES string of the molecule is CSc1[c]c(Cl)ccn1. The maximum Gasteiger partial charge on any atom is 0.105 e. The number of hydrogen-bond donors (Lipinski definition) is 0. The lowest BCUT2D eigenvalue weighted by molar-refractivity contribution is 1.13. The third-order valence-electron chi connectivity index (χ3n) is 0.832. The summed E-state index contributed by atoms with van der Waals surface area (Å²) in [6.07, 6.45) is 3.61. The normalized spacial score (nSPS) is 9.56. The van der Waals surface area contributed by atoms with Gasteiger partial charge in [0.2, 0.25) is 0 Å². The van der Waals surface area contributed by atoms with E-state index < -0.39 is 0 Å². The summed E-state index contributed by atoms with van der Waals surface area (Å²) >= 11 is 7.15. The molecule has 0 spiro atoms. The maximum atomic E-state index is 5.61. The van der Waals surface area contributed by atoms with Crippen LogP contribution >= 0.6 is 23.4 Å². The van der Waals surface area contributed by atoms with Crippen LogP contribution in [-0.4, -0.2) is 11.2 Å². The van der Waals surface area contributed by atoms with Gasteiger partial charge in [-0.15, -0.1) is 11.8 Å². The van der Waals surface area contributed by atoms with Gasteiger partial charge in [0.15, 0.2) is 0 Å². The molecule has 0 aromatic carbocycles. The zero-order valence-electron chi connectivity index (χ0n) is 4.89. The number of aromatic nitrogens is 1. The Morgan fingerprint density at radius 3 is 3.00 bits per heavy atom. The lowest BCUT2D eigenvalue weighted by atomic mass is 10.5. The van der Waals surface area contributed by atoms with Crippen molar-refractivity contribution in [2.45, 2.75) is 5.03 Å². The zero-order chi connectivity index (χ0) is 6.69. The molecule has 0 saturated heterocycles. The van der Waals surface area contributed by atoms with Crippen LogP contribution < -0.4 is 0 Å². The van der Waals surface area contributed by atoms with Gasteiger partial charge in [0, 0.05) is 12.3 Å². The van der Waals surface area contributed by atoms with E-state index in [0.29, 0.717) is 5.02 Å². The number of thioether (sulfide) groups is 1. The minimum atomic E-state index is 0.620. The summed E-state index contributed by atoms with van der Waals surface area (Å²) in [7, 11) is 0. The topological polar surface area (TPSA) is 12.9 Å². The highest BCUT2D eigenvalue weighted by Gasteiger charge is 1.90. The first-order valence-corrected chi connectivity index (χ1v) is 4.01. The first-order chi connectivity index (χ1) is 4.33. The molecule has 3 heteroatoms. The highest BCUT2D eigenvalue weighted by molar-refractivity contribution is 7.98. The highest BCUT2D eigenvalue weighted by atomic mass is 35.5. The fourth-order valence-electron chi connectivity index (χ4n) is 0.450. The standard InChI is InChI=1S/C6H5ClNS/c1-9-6-4-5(7)2-3-8-6/h2-3H,1H3. The summed E-state index contributed by atoms with van der Waals surface area (Å²) in [6.45, 7) is 0. The molecule has 0 saturated carbocycles. The fraction of sp³-hybridized carbons (Fsp3) is 0.167. The molecule has 9 heavy (non-hydrogen) atoms. The Morgan fingerprint density at radius 2 is 2.56 bits per heavy atom. The lowest BCUT2D eigenvalue weighted by Crippen LogP contribution is -1.75. The van der Waals surface area contributed by atoms with Crippen LogP contribution in [-0.2, 0) is 0 Å². The highest BCUT2D eigenvalue weighted by Crippen LogP contribution is 2.14. The molecule has 1 heterocycles. The average Bonchev–Trinajstić information content (AvgIpc) is 1.88. The van der Waals surface area contributed by atoms with Gasteiger partial charge in [0.25, 0.3) is 0 Å². The third-order valence-corrected chi connectivity index (χ3v) is 1.65. The molecule has 47 valence electrons.